The molecule has 2 N–H and O–H groups in total. The number of aromatic nitrogens is 2. The third-order valence-electron chi connectivity index (χ3n) is 9.68. The number of aliphatic hydroxyl groups is 1. The molecule has 1 fully saturated rings. The number of ether oxygens (including phenoxy) is 2. The highest BCUT2D eigenvalue weighted by Crippen LogP contribution is 2.39. The zero-order valence-corrected chi connectivity index (χ0v) is 28.9. The number of hydrogen-bond donors (Lipinski definition) is 2. The smallest absolute Gasteiger partial charge is 0.271 e. The molecule has 1 saturated heterocycles. The Hall–Kier alpha value is -5.25. The molecule has 0 spiro atoms. The maximum absolute atomic E-state index is 13.0. The van der Waals surface area contributed by atoms with E-state index in [4.69, 9.17) is 9.47 Å². The summed E-state index contributed by atoms with van der Waals surface area (Å²) in [6, 6.07) is 42.6. The molecule has 1 aliphatic heterocycles. The van der Waals surface area contributed by atoms with Gasteiger partial charge >= 0.3 is 0 Å². The molecular weight excluding hydrogens is 636 g/mol. The zero-order valence-electron chi connectivity index (χ0n) is 28.9. The van der Waals surface area contributed by atoms with E-state index in [0.717, 1.165) is 45.4 Å². The Morgan fingerprint density at radius 1 is 0.843 bits per heavy atom. The van der Waals surface area contributed by atoms with Crippen molar-refractivity contribution in [1.29, 1.82) is 0 Å². The summed E-state index contributed by atoms with van der Waals surface area (Å²) in [6.45, 7) is 3.30. The van der Waals surface area contributed by atoms with Crippen molar-refractivity contribution in [3.8, 4) is 11.1 Å². The molecule has 0 radical (unpaired) electrons. The molecule has 6 aromatic rings. The third-order valence-corrected chi connectivity index (χ3v) is 9.68. The predicted molar refractivity (Wildman–Crippen MR) is 198 cm³/mol. The fourth-order valence-corrected chi connectivity index (χ4v) is 6.61. The lowest BCUT2D eigenvalue weighted by Crippen LogP contribution is -2.38. The van der Waals surface area contributed by atoms with Crippen molar-refractivity contribution in [2.75, 3.05) is 13.6 Å². The van der Waals surface area contributed by atoms with E-state index in [1.54, 1.807) is 0 Å². The minimum absolute atomic E-state index is 0.00329. The van der Waals surface area contributed by atoms with Gasteiger partial charge in [0.25, 0.3) is 5.91 Å². The Morgan fingerprint density at radius 3 is 2.29 bits per heavy atom. The molecule has 0 aliphatic carbocycles. The number of rotatable bonds is 11. The van der Waals surface area contributed by atoms with E-state index in [1.807, 2.05) is 72.8 Å². The summed E-state index contributed by atoms with van der Waals surface area (Å²) in [7, 11) is 2.14. The number of hydrogen-bond acceptors (Lipinski definition) is 7. The number of carbonyl (C=O) groups excluding carboxylic acids is 1. The lowest BCUT2D eigenvalue weighted by atomic mass is 9.97. The topological polar surface area (TPSA) is 96.8 Å². The summed E-state index contributed by atoms with van der Waals surface area (Å²) in [5.41, 5.74) is 8.87. The van der Waals surface area contributed by atoms with E-state index in [2.05, 4.69) is 88.8 Å². The van der Waals surface area contributed by atoms with Gasteiger partial charge in [-0.1, -0.05) is 115 Å². The maximum atomic E-state index is 13.0. The second kappa shape index (κ2) is 15.7. The monoisotopic (exact) mass is 678 g/mol. The van der Waals surface area contributed by atoms with Crippen molar-refractivity contribution in [2.45, 2.75) is 51.0 Å². The summed E-state index contributed by atoms with van der Waals surface area (Å²) in [5, 5.41) is 12.6. The molecule has 0 bridgehead atoms. The molecule has 8 nitrogen and oxygen atoms in total. The minimum Gasteiger partial charge on any atom is -0.392 e. The predicted octanol–water partition coefficient (Wildman–Crippen LogP) is 7.96. The molecule has 1 amide bonds. The van der Waals surface area contributed by atoms with Gasteiger partial charge in [0.15, 0.2) is 6.29 Å². The van der Waals surface area contributed by atoms with Gasteiger partial charge in [0.1, 0.15) is 5.69 Å². The van der Waals surface area contributed by atoms with Crippen LogP contribution in [0.15, 0.2) is 134 Å². The normalized spacial score (nSPS) is 18.1. The van der Waals surface area contributed by atoms with Gasteiger partial charge in [0.05, 0.1) is 36.0 Å². The molecule has 4 atom stereocenters. The Kier molecular flexibility index (Phi) is 10.6. The molecule has 1 aromatic heterocycles. The Bertz CT molecular complexity index is 2070. The fourth-order valence-electron chi connectivity index (χ4n) is 6.61. The SMILES string of the molecule is C[C@@H](c1ccccc1)N(C)C[C@H]1C[C@@H](c2ccc(CO)cc2)O[C@@H](c2ccc(-c3ccccc3CNC(=O)c3cnc4ccccc4n3)cc2)O1. The third kappa shape index (κ3) is 8.06. The highest BCUT2D eigenvalue weighted by atomic mass is 16.7. The van der Waals surface area contributed by atoms with Crippen molar-refractivity contribution >= 4 is 16.9 Å². The average molecular weight is 679 g/mol. The first-order valence-electron chi connectivity index (χ1n) is 17.4. The summed E-state index contributed by atoms with van der Waals surface area (Å²) in [5.74, 6) is -0.274. The first-order chi connectivity index (χ1) is 24.9. The Morgan fingerprint density at radius 2 is 1.53 bits per heavy atom. The number of nitrogens with zero attached hydrogens (tertiary/aromatic N) is 3. The molecule has 7 rings (SSSR count). The first-order valence-corrected chi connectivity index (χ1v) is 17.4. The van der Waals surface area contributed by atoms with E-state index in [0.29, 0.717) is 18.5 Å². The maximum Gasteiger partial charge on any atom is 0.271 e. The van der Waals surface area contributed by atoms with Crippen LogP contribution in [0.2, 0.25) is 0 Å². The molecule has 0 unspecified atom stereocenters. The van der Waals surface area contributed by atoms with Crippen LogP contribution < -0.4 is 5.32 Å². The van der Waals surface area contributed by atoms with Gasteiger partial charge in [-0.05, 0) is 59.5 Å². The standard InChI is InChI=1S/C43H42N4O4/c1-29(31-10-4-3-5-11-31)47(2)27-36-24-41(33-18-16-30(28-48)17-19-33)51-43(50-36)34-22-20-32(21-23-34)37-13-7-6-12-35(37)25-45-42(49)40-26-44-38-14-8-9-15-39(38)46-40/h3-23,26,29,36,41,43,48H,24-25,27-28H2,1-2H3,(H,45,49)/t29-,36+,41-,43-/m0/s1. The highest BCUT2D eigenvalue weighted by Gasteiger charge is 2.33. The average Bonchev–Trinajstić information content (AvgIpc) is 3.19. The number of benzene rings is 5. The fraction of sp³-hybridized carbons (Fsp3) is 0.233. The van der Waals surface area contributed by atoms with Crippen LogP contribution in [0.3, 0.4) is 0 Å². The van der Waals surface area contributed by atoms with E-state index < -0.39 is 6.29 Å². The van der Waals surface area contributed by atoms with Gasteiger partial charge in [-0.3, -0.25) is 14.7 Å². The van der Waals surface area contributed by atoms with Crippen LogP contribution in [-0.4, -0.2) is 45.6 Å². The van der Waals surface area contributed by atoms with Gasteiger partial charge in [-0.2, -0.15) is 0 Å². The van der Waals surface area contributed by atoms with Crippen LogP contribution in [0.4, 0.5) is 0 Å². The van der Waals surface area contributed by atoms with Crippen LogP contribution in [0, 0.1) is 0 Å². The van der Waals surface area contributed by atoms with Gasteiger partial charge in [-0.25, -0.2) is 4.98 Å². The molecule has 1 aliphatic rings. The van der Waals surface area contributed by atoms with Crippen molar-refractivity contribution in [1.82, 2.24) is 20.2 Å². The second-order valence-corrected chi connectivity index (χ2v) is 13.1. The van der Waals surface area contributed by atoms with Crippen LogP contribution in [0.25, 0.3) is 22.2 Å². The van der Waals surface area contributed by atoms with Crippen LogP contribution in [0.5, 0.6) is 0 Å². The van der Waals surface area contributed by atoms with Crippen molar-refractivity contribution in [3.63, 3.8) is 0 Å². The number of para-hydroxylation sites is 2. The first kappa shape index (κ1) is 34.2. The molecular formula is C43H42N4O4. The summed E-state index contributed by atoms with van der Waals surface area (Å²) < 4.78 is 13.3. The van der Waals surface area contributed by atoms with E-state index in [1.165, 1.54) is 11.8 Å². The largest absolute Gasteiger partial charge is 0.392 e. The molecule has 2 heterocycles. The van der Waals surface area contributed by atoms with Crippen molar-refractivity contribution < 1.29 is 19.4 Å². The van der Waals surface area contributed by atoms with E-state index in [-0.39, 0.29) is 36.5 Å². The number of likely N-dealkylation sites (N-methyl/N-ethyl adjacent to an activating group) is 1. The number of nitrogens with one attached hydrogen (secondary N) is 1. The lowest BCUT2D eigenvalue weighted by molar-refractivity contribution is -0.253. The van der Waals surface area contributed by atoms with Gasteiger partial charge in [0.2, 0.25) is 0 Å². The molecule has 51 heavy (non-hydrogen) atoms. The van der Waals surface area contributed by atoms with Gasteiger partial charge in [-0.15, -0.1) is 0 Å². The number of aliphatic hydroxyl groups excluding tert-OH is 1. The summed E-state index contributed by atoms with van der Waals surface area (Å²) in [6.07, 6.45) is 1.43. The highest BCUT2D eigenvalue weighted by molar-refractivity contribution is 5.93. The van der Waals surface area contributed by atoms with Crippen LogP contribution in [0.1, 0.15) is 70.1 Å². The zero-order chi connectivity index (χ0) is 35.2. The van der Waals surface area contributed by atoms with E-state index >= 15 is 0 Å². The van der Waals surface area contributed by atoms with Crippen molar-refractivity contribution in [3.05, 3.63) is 167 Å². The quantitative estimate of drug-likeness (QED) is 0.144. The summed E-state index contributed by atoms with van der Waals surface area (Å²) in [4.78, 5) is 24.2. The van der Waals surface area contributed by atoms with Gasteiger partial charge in [0, 0.05) is 31.1 Å². The van der Waals surface area contributed by atoms with Crippen molar-refractivity contribution in [2.24, 2.45) is 0 Å². The van der Waals surface area contributed by atoms with Crippen LogP contribution in [-0.2, 0) is 22.6 Å². The van der Waals surface area contributed by atoms with E-state index in [9.17, 15) is 9.90 Å². The molecule has 0 saturated carbocycles. The molecule has 8 heteroatoms. The van der Waals surface area contributed by atoms with Gasteiger partial charge < -0.3 is 19.9 Å². The Labute approximate surface area is 298 Å². The number of amides is 1. The minimum atomic E-state index is -0.557. The summed E-state index contributed by atoms with van der Waals surface area (Å²) >= 11 is 0. The number of fused-ring (bicyclic) bond motifs is 1. The Balaban J connectivity index is 1.07. The molecule has 5 aromatic carbocycles. The lowest BCUT2D eigenvalue weighted by Gasteiger charge is -2.39. The number of carbonyl (C=O) groups is 1. The van der Waals surface area contributed by atoms with Crippen LogP contribution >= 0.6 is 0 Å². The second-order valence-electron chi connectivity index (χ2n) is 13.1. The molecule has 258 valence electrons.